The van der Waals surface area contributed by atoms with Gasteiger partial charge in [-0.25, -0.2) is 0 Å². The highest BCUT2D eigenvalue weighted by molar-refractivity contribution is 6.34. The summed E-state index contributed by atoms with van der Waals surface area (Å²) in [5.74, 6) is -3.14. The van der Waals surface area contributed by atoms with E-state index in [2.05, 4.69) is 18.5 Å². The van der Waals surface area contributed by atoms with Crippen molar-refractivity contribution in [2.45, 2.75) is 82.6 Å². The zero-order valence-corrected chi connectivity index (χ0v) is 26.4. The summed E-state index contributed by atoms with van der Waals surface area (Å²) < 4.78 is 12.3. The molecule has 0 aliphatic carbocycles. The van der Waals surface area contributed by atoms with Crippen LogP contribution in [0.25, 0.3) is 0 Å². The predicted octanol–water partition coefficient (Wildman–Crippen LogP) is 3.72. The molecule has 44 heavy (non-hydrogen) atoms. The summed E-state index contributed by atoms with van der Waals surface area (Å²) >= 11 is 6.61. The Bertz CT molecular complexity index is 1250. The van der Waals surface area contributed by atoms with E-state index in [-0.39, 0.29) is 44.0 Å². The molecule has 3 amide bonds. The van der Waals surface area contributed by atoms with E-state index in [1.165, 1.54) is 0 Å². The zero-order chi connectivity index (χ0) is 32.0. The third kappa shape index (κ3) is 6.57. The number of aliphatic hydroxyl groups is 1. The maximum Gasteiger partial charge on any atom is 0.312 e. The molecule has 0 saturated carbocycles. The minimum atomic E-state index is -1.20. The van der Waals surface area contributed by atoms with Crippen LogP contribution in [0.15, 0.2) is 43.5 Å². The summed E-state index contributed by atoms with van der Waals surface area (Å²) in [6.07, 6.45) is 5.70. The molecular weight excluding hydrogens is 586 g/mol. The number of likely N-dealkylation sites (tertiary alicyclic amines) is 1. The first kappa shape index (κ1) is 33.7. The van der Waals surface area contributed by atoms with Crippen LogP contribution in [0, 0.1) is 18.8 Å². The Morgan fingerprint density at radius 3 is 2.73 bits per heavy atom. The quantitative estimate of drug-likeness (QED) is 0.162. The van der Waals surface area contributed by atoms with Gasteiger partial charge in [-0.15, -0.1) is 13.2 Å². The number of unbranched alkanes of at least 4 members (excludes halogenated alkanes) is 2. The fraction of sp³-hybridized carbons (Fsp3) is 0.576. The smallest absolute Gasteiger partial charge is 0.312 e. The lowest BCUT2D eigenvalue weighted by atomic mass is 9.70. The molecule has 240 valence electrons. The molecule has 2 bridgehead atoms. The largest absolute Gasteiger partial charge is 0.460 e. The number of halogens is 1. The number of aryl methyl sites for hydroxylation is 1. The number of nitrogens with one attached hydrogen (secondary N) is 1. The first-order valence-corrected chi connectivity index (χ1v) is 15.8. The van der Waals surface area contributed by atoms with Gasteiger partial charge in [-0.3, -0.25) is 19.2 Å². The van der Waals surface area contributed by atoms with Gasteiger partial charge in [0.2, 0.25) is 11.8 Å². The number of hydrogen-bond acceptors (Lipinski definition) is 7. The fourth-order valence-electron chi connectivity index (χ4n) is 6.94. The number of nitrogens with zero attached hydrogens (tertiary/aromatic N) is 2. The second-order valence-corrected chi connectivity index (χ2v) is 12.3. The van der Waals surface area contributed by atoms with Crippen LogP contribution >= 0.6 is 11.6 Å². The van der Waals surface area contributed by atoms with Crippen molar-refractivity contribution in [2.24, 2.45) is 11.8 Å². The first-order chi connectivity index (χ1) is 21.1. The standard InChI is InChI=1S/C33H44ClN3O7/c1-5-7-14-25(39)35-20-22(4)43-32(42)26-24-15-16-33(44-24)27(26)30(40)37(18-9-8-10-19-38)29(33)31(41)36(17-6-2)28-21(3)12-11-13-23(28)34/h5-6,11-13,22,24,26-27,29,38H,1-2,7-10,14-20H2,3-4H3,(H,35,39)/t22-,24-,26+,27+,29-,33+/m1/s1. The molecule has 3 fully saturated rings. The predicted molar refractivity (Wildman–Crippen MR) is 167 cm³/mol. The zero-order valence-electron chi connectivity index (χ0n) is 25.6. The van der Waals surface area contributed by atoms with Gasteiger partial charge in [-0.1, -0.05) is 35.9 Å². The van der Waals surface area contributed by atoms with Crippen molar-refractivity contribution < 1.29 is 33.8 Å². The number of allylic oxidation sites excluding steroid dienone is 1. The number of esters is 1. The van der Waals surface area contributed by atoms with Gasteiger partial charge in [0.1, 0.15) is 17.7 Å². The monoisotopic (exact) mass is 629 g/mol. The van der Waals surface area contributed by atoms with Gasteiger partial charge in [0.25, 0.3) is 5.91 Å². The number of fused-ring (bicyclic) bond motifs is 1. The van der Waals surface area contributed by atoms with Crippen LogP contribution in [0.4, 0.5) is 5.69 Å². The van der Waals surface area contributed by atoms with E-state index in [1.54, 1.807) is 34.9 Å². The highest BCUT2D eigenvalue weighted by Crippen LogP contribution is 2.59. The van der Waals surface area contributed by atoms with Gasteiger partial charge in [-0.2, -0.15) is 0 Å². The van der Waals surface area contributed by atoms with Crippen molar-refractivity contribution >= 4 is 41.0 Å². The molecular formula is C33H44ClN3O7. The second-order valence-electron chi connectivity index (χ2n) is 11.9. The Hall–Kier alpha value is -3.21. The molecule has 1 aromatic carbocycles. The van der Waals surface area contributed by atoms with Crippen molar-refractivity contribution in [2.75, 3.05) is 31.1 Å². The molecule has 11 heteroatoms. The van der Waals surface area contributed by atoms with E-state index in [9.17, 15) is 24.3 Å². The highest BCUT2D eigenvalue weighted by atomic mass is 35.5. The minimum Gasteiger partial charge on any atom is -0.460 e. The third-order valence-corrected chi connectivity index (χ3v) is 9.18. The number of ether oxygens (including phenoxy) is 2. The van der Waals surface area contributed by atoms with E-state index in [1.807, 2.05) is 19.1 Å². The van der Waals surface area contributed by atoms with Crippen molar-refractivity contribution in [3.05, 3.63) is 54.1 Å². The van der Waals surface area contributed by atoms with E-state index in [0.717, 1.165) is 5.56 Å². The first-order valence-electron chi connectivity index (χ1n) is 15.5. The van der Waals surface area contributed by atoms with Gasteiger partial charge in [0.05, 0.1) is 35.2 Å². The molecule has 0 radical (unpaired) electrons. The van der Waals surface area contributed by atoms with Crippen molar-refractivity contribution in [3.8, 4) is 0 Å². The van der Waals surface area contributed by atoms with Gasteiger partial charge < -0.3 is 29.7 Å². The van der Waals surface area contributed by atoms with Crippen LogP contribution in [-0.2, 0) is 28.7 Å². The Morgan fingerprint density at radius 2 is 2.05 bits per heavy atom. The number of amides is 3. The number of aliphatic hydroxyl groups excluding tert-OH is 1. The lowest BCUT2D eigenvalue weighted by Crippen LogP contribution is -2.56. The second kappa shape index (κ2) is 14.7. The molecule has 1 aromatic rings. The fourth-order valence-corrected chi connectivity index (χ4v) is 7.27. The molecule has 0 aromatic heterocycles. The number of carbonyl (C=O) groups excluding carboxylic acids is 4. The SMILES string of the molecule is C=CCCC(=O)NC[C@@H](C)OC(=O)[C@@H]1[C@H]2C(=O)N(CCCCCO)[C@H](C(=O)N(CC=C)c3c(C)cccc3Cl)[C@]23CC[C@H]1O3. The molecule has 3 aliphatic heterocycles. The lowest BCUT2D eigenvalue weighted by Gasteiger charge is -2.37. The molecule has 0 unspecified atom stereocenters. The average Bonchev–Trinajstić information content (AvgIpc) is 3.63. The van der Waals surface area contributed by atoms with Crippen LogP contribution in [0.2, 0.25) is 5.02 Å². The van der Waals surface area contributed by atoms with Crippen LogP contribution < -0.4 is 10.2 Å². The lowest BCUT2D eigenvalue weighted by molar-refractivity contribution is -0.159. The van der Waals surface area contributed by atoms with E-state index >= 15 is 0 Å². The highest BCUT2D eigenvalue weighted by Gasteiger charge is 2.75. The molecule has 6 atom stereocenters. The van der Waals surface area contributed by atoms with Crippen LogP contribution in [0.1, 0.15) is 57.4 Å². The Labute approximate surface area is 264 Å². The molecule has 1 spiro atoms. The van der Waals surface area contributed by atoms with Gasteiger partial charge in [0, 0.05) is 26.1 Å². The van der Waals surface area contributed by atoms with E-state index in [4.69, 9.17) is 21.1 Å². The van der Waals surface area contributed by atoms with Crippen LogP contribution in [0.5, 0.6) is 0 Å². The summed E-state index contributed by atoms with van der Waals surface area (Å²) in [6.45, 7) is 11.6. The number of anilines is 1. The normalized spacial score (nSPS) is 25.8. The van der Waals surface area contributed by atoms with E-state index < -0.39 is 41.7 Å². The van der Waals surface area contributed by atoms with Crippen LogP contribution in [-0.4, -0.2) is 83.8 Å². The molecule has 3 aliphatic rings. The molecule has 4 rings (SSSR count). The van der Waals surface area contributed by atoms with Crippen LogP contribution in [0.3, 0.4) is 0 Å². The maximum absolute atomic E-state index is 14.6. The van der Waals surface area contributed by atoms with Crippen molar-refractivity contribution in [1.29, 1.82) is 0 Å². The summed E-state index contributed by atoms with van der Waals surface area (Å²) in [4.78, 5) is 57.6. The maximum atomic E-state index is 14.6. The Balaban J connectivity index is 1.62. The van der Waals surface area contributed by atoms with Gasteiger partial charge >= 0.3 is 5.97 Å². The molecule has 2 N–H and O–H groups in total. The molecule has 10 nitrogen and oxygen atoms in total. The Kier molecular flexibility index (Phi) is 11.3. The summed E-state index contributed by atoms with van der Waals surface area (Å²) in [5.41, 5.74) is 0.138. The number of para-hydroxylation sites is 1. The number of carbonyl (C=O) groups is 4. The van der Waals surface area contributed by atoms with E-state index in [0.29, 0.717) is 55.7 Å². The Morgan fingerprint density at radius 1 is 1.27 bits per heavy atom. The number of rotatable bonds is 16. The number of benzene rings is 1. The van der Waals surface area contributed by atoms with Crippen molar-refractivity contribution in [1.82, 2.24) is 10.2 Å². The van der Waals surface area contributed by atoms with Crippen molar-refractivity contribution in [3.63, 3.8) is 0 Å². The van der Waals surface area contributed by atoms with Gasteiger partial charge in [0.15, 0.2) is 0 Å². The van der Waals surface area contributed by atoms with Gasteiger partial charge in [-0.05, 0) is 64.0 Å². The number of hydrogen-bond donors (Lipinski definition) is 2. The molecule has 3 heterocycles. The molecule has 3 saturated heterocycles. The topological polar surface area (TPSA) is 125 Å². The summed E-state index contributed by atoms with van der Waals surface area (Å²) in [5, 5.41) is 12.4. The summed E-state index contributed by atoms with van der Waals surface area (Å²) in [6, 6.07) is 4.41. The third-order valence-electron chi connectivity index (χ3n) is 8.88. The minimum absolute atomic E-state index is 0.0351. The summed E-state index contributed by atoms with van der Waals surface area (Å²) in [7, 11) is 0. The average molecular weight is 630 g/mol.